The number of nitrogens with one attached hydrogen (secondary N) is 1. The molecule has 0 spiro atoms. The Morgan fingerprint density at radius 3 is 2.71 bits per heavy atom. The number of hydrogen-bond acceptors (Lipinski definition) is 2. The summed E-state index contributed by atoms with van der Waals surface area (Å²) < 4.78 is 1.20. The van der Waals surface area contributed by atoms with Crippen LogP contribution in [0.5, 0.6) is 0 Å². The van der Waals surface area contributed by atoms with Crippen molar-refractivity contribution in [2.24, 2.45) is 0 Å². The van der Waals surface area contributed by atoms with E-state index in [-0.39, 0.29) is 5.91 Å². The maximum atomic E-state index is 12.4. The van der Waals surface area contributed by atoms with Crippen LogP contribution in [-0.4, -0.2) is 5.91 Å². The number of rotatable bonds is 3. The molecule has 0 aliphatic rings. The summed E-state index contributed by atoms with van der Waals surface area (Å²) in [4.78, 5) is 12.4. The second kappa shape index (κ2) is 6.10. The zero-order valence-corrected chi connectivity index (χ0v) is 14.1. The Labute approximate surface area is 144 Å². The molecule has 0 aliphatic heterocycles. The van der Waals surface area contributed by atoms with Gasteiger partial charge in [0.15, 0.2) is 0 Å². The van der Waals surface area contributed by atoms with Gasteiger partial charge < -0.3 is 5.32 Å². The fourth-order valence-corrected chi connectivity index (χ4v) is 3.76. The smallest absolute Gasteiger partial charge is 0.233 e. The van der Waals surface area contributed by atoms with Crippen LogP contribution in [-0.2, 0) is 4.79 Å². The van der Waals surface area contributed by atoms with E-state index in [2.05, 4.69) is 36.5 Å². The van der Waals surface area contributed by atoms with Crippen LogP contribution in [0.25, 0.3) is 20.9 Å². The number of anilines is 1. The zero-order valence-electron chi connectivity index (χ0n) is 13.2. The van der Waals surface area contributed by atoms with Crippen LogP contribution in [0.15, 0.2) is 66.0 Å². The fraction of sp³-hybridized carbons (Fsp3) is 0.0476. The highest BCUT2D eigenvalue weighted by atomic mass is 32.1. The van der Waals surface area contributed by atoms with Gasteiger partial charge in [-0.1, -0.05) is 48.0 Å². The number of fused-ring (bicyclic) bond motifs is 2. The van der Waals surface area contributed by atoms with Crippen LogP contribution in [0.3, 0.4) is 0 Å². The number of benzene rings is 3. The van der Waals surface area contributed by atoms with Crippen LogP contribution in [0.2, 0.25) is 0 Å². The molecule has 24 heavy (non-hydrogen) atoms. The lowest BCUT2D eigenvalue weighted by atomic mass is 10.1. The van der Waals surface area contributed by atoms with Crippen molar-refractivity contribution in [3.05, 3.63) is 83.6 Å². The number of hydrogen-bond donors (Lipinski definition) is 1. The molecule has 1 amide bonds. The maximum absolute atomic E-state index is 12.4. The molecular formula is C21H16NOS. The Hall–Kier alpha value is -2.65. The Balaban J connectivity index is 1.55. The fourth-order valence-electron chi connectivity index (χ4n) is 2.86. The quantitative estimate of drug-likeness (QED) is 0.524. The molecule has 4 aromatic rings. The van der Waals surface area contributed by atoms with Gasteiger partial charge in [-0.2, -0.15) is 0 Å². The summed E-state index contributed by atoms with van der Waals surface area (Å²) in [7, 11) is 0. The first-order chi connectivity index (χ1) is 11.7. The van der Waals surface area contributed by atoms with E-state index in [0.29, 0.717) is 0 Å². The zero-order chi connectivity index (χ0) is 16.5. The molecular weight excluding hydrogens is 314 g/mol. The Morgan fingerprint density at radius 2 is 1.83 bits per heavy atom. The van der Waals surface area contributed by atoms with Crippen LogP contribution >= 0.6 is 11.3 Å². The lowest BCUT2D eigenvalue weighted by molar-refractivity contribution is -0.112. The average Bonchev–Trinajstić information content (AvgIpc) is 2.97. The van der Waals surface area contributed by atoms with Crippen molar-refractivity contribution in [1.82, 2.24) is 0 Å². The van der Waals surface area contributed by atoms with Crippen LogP contribution in [0.1, 0.15) is 11.1 Å². The van der Waals surface area contributed by atoms with Crippen LogP contribution in [0.4, 0.5) is 5.69 Å². The minimum atomic E-state index is -0.105. The summed E-state index contributed by atoms with van der Waals surface area (Å²) in [6, 6.07) is 20.4. The van der Waals surface area contributed by atoms with E-state index in [4.69, 9.17) is 0 Å². The SMILES string of the molecule is Cc1ccc2scc([CH]C(=O)Nc3ccc4ccccc4c3)c2c1. The van der Waals surface area contributed by atoms with E-state index in [9.17, 15) is 4.79 Å². The number of thiophene rings is 1. The van der Waals surface area contributed by atoms with Crippen molar-refractivity contribution in [3.8, 4) is 0 Å². The second-order valence-electron chi connectivity index (χ2n) is 5.89. The van der Waals surface area contributed by atoms with E-state index in [0.717, 1.165) is 22.0 Å². The van der Waals surface area contributed by atoms with Crippen LogP contribution in [0, 0.1) is 13.3 Å². The summed E-state index contributed by atoms with van der Waals surface area (Å²) >= 11 is 1.66. The van der Waals surface area contributed by atoms with Gasteiger partial charge in [-0.25, -0.2) is 0 Å². The topological polar surface area (TPSA) is 29.1 Å². The van der Waals surface area contributed by atoms with Gasteiger partial charge in [0.25, 0.3) is 0 Å². The van der Waals surface area contributed by atoms with E-state index >= 15 is 0 Å². The molecule has 1 N–H and O–H groups in total. The molecule has 2 nitrogen and oxygen atoms in total. The molecule has 3 aromatic carbocycles. The van der Waals surface area contributed by atoms with Gasteiger partial charge in [0.2, 0.25) is 5.91 Å². The predicted octanol–water partition coefficient (Wildman–Crippen LogP) is 5.55. The number of amides is 1. The minimum Gasteiger partial charge on any atom is -0.326 e. The second-order valence-corrected chi connectivity index (χ2v) is 6.80. The molecule has 0 unspecified atom stereocenters. The molecule has 0 fully saturated rings. The first kappa shape index (κ1) is 14.9. The monoisotopic (exact) mass is 330 g/mol. The molecule has 4 rings (SSSR count). The van der Waals surface area contributed by atoms with E-state index < -0.39 is 0 Å². The molecule has 0 atom stereocenters. The first-order valence-electron chi connectivity index (χ1n) is 7.81. The summed E-state index contributed by atoms with van der Waals surface area (Å²) in [5.41, 5.74) is 2.98. The van der Waals surface area contributed by atoms with Gasteiger partial charge in [-0.05, 0) is 52.2 Å². The highest BCUT2D eigenvalue weighted by Crippen LogP contribution is 2.28. The summed E-state index contributed by atoms with van der Waals surface area (Å²) in [6.45, 7) is 2.07. The van der Waals surface area contributed by atoms with E-state index in [1.165, 1.54) is 15.6 Å². The van der Waals surface area contributed by atoms with E-state index in [1.807, 2.05) is 41.8 Å². The molecule has 0 saturated carbocycles. The standard InChI is InChI=1S/C21H16NOS/c1-14-6-9-20-19(10-14)17(13-24-20)12-21(23)22-18-8-7-15-4-2-3-5-16(15)11-18/h2-13H,1H3,(H,22,23). The van der Waals surface area contributed by atoms with Crippen molar-refractivity contribution in [1.29, 1.82) is 0 Å². The largest absolute Gasteiger partial charge is 0.326 e. The summed E-state index contributed by atoms with van der Waals surface area (Å²) in [5, 5.41) is 8.41. The van der Waals surface area contributed by atoms with E-state index in [1.54, 1.807) is 17.8 Å². The summed E-state index contributed by atoms with van der Waals surface area (Å²) in [6.07, 6.45) is 1.67. The summed E-state index contributed by atoms with van der Waals surface area (Å²) in [5.74, 6) is -0.105. The highest BCUT2D eigenvalue weighted by molar-refractivity contribution is 7.17. The molecule has 1 radical (unpaired) electrons. The molecule has 0 bridgehead atoms. The van der Waals surface area contributed by atoms with Crippen molar-refractivity contribution >= 4 is 43.8 Å². The molecule has 117 valence electrons. The molecule has 0 aliphatic carbocycles. The first-order valence-corrected chi connectivity index (χ1v) is 8.69. The van der Waals surface area contributed by atoms with Gasteiger partial charge >= 0.3 is 0 Å². The van der Waals surface area contributed by atoms with Crippen molar-refractivity contribution in [3.63, 3.8) is 0 Å². The highest BCUT2D eigenvalue weighted by Gasteiger charge is 2.10. The maximum Gasteiger partial charge on any atom is 0.233 e. The van der Waals surface area contributed by atoms with Gasteiger partial charge in [0, 0.05) is 10.4 Å². The number of carbonyl (C=O) groups excluding carboxylic acids is 1. The Morgan fingerprint density at radius 1 is 1.00 bits per heavy atom. The Bertz CT molecular complexity index is 1050. The van der Waals surface area contributed by atoms with Crippen molar-refractivity contribution < 1.29 is 4.79 Å². The van der Waals surface area contributed by atoms with Crippen molar-refractivity contribution in [2.75, 3.05) is 5.32 Å². The molecule has 1 aromatic heterocycles. The lowest BCUT2D eigenvalue weighted by Crippen LogP contribution is -2.12. The number of aryl methyl sites for hydroxylation is 1. The molecule has 0 saturated heterocycles. The minimum absolute atomic E-state index is 0.105. The predicted molar refractivity (Wildman–Crippen MR) is 103 cm³/mol. The average molecular weight is 330 g/mol. The Kier molecular flexibility index (Phi) is 3.79. The lowest BCUT2D eigenvalue weighted by Gasteiger charge is -2.06. The normalized spacial score (nSPS) is 11.0. The third-order valence-electron chi connectivity index (χ3n) is 4.06. The molecule has 3 heteroatoms. The van der Waals surface area contributed by atoms with Gasteiger partial charge in [0.05, 0.1) is 6.42 Å². The number of carbonyl (C=O) groups is 1. The third-order valence-corrected chi connectivity index (χ3v) is 5.04. The third kappa shape index (κ3) is 2.91. The van der Waals surface area contributed by atoms with Crippen molar-refractivity contribution in [2.45, 2.75) is 6.92 Å². The van der Waals surface area contributed by atoms with Gasteiger partial charge in [0.1, 0.15) is 0 Å². The van der Waals surface area contributed by atoms with Gasteiger partial charge in [-0.15, -0.1) is 11.3 Å². The van der Waals surface area contributed by atoms with Gasteiger partial charge in [-0.3, -0.25) is 4.79 Å². The molecule has 1 heterocycles. The van der Waals surface area contributed by atoms with Crippen LogP contribution < -0.4 is 5.32 Å².